The zero-order chi connectivity index (χ0) is 16.2. The van der Waals surface area contributed by atoms with Gasteiger partial charge in [0, 0.05) is 23.6 Å². The summed E-state index contributed by atoms with van der Waals surface area (Å²) < 4.78 is 1.98. The number of hydrogen-bond donors (Lipinski definition) is 1. The first-order valence-corrected chi connectivity index (χ1v) is 7.54. The number of hydrogen-bond acceptors (Lipinski definition) is 2. The van der Waals surface area contributed by atoms with Crippen LogP contribution in [0.25, 0.3) is 10.9 Å². The number of phenols is 1. The van der Waals surface area contributed by atoms with Gasteiger partial charge in [0.15, 0.2) is 0 Å². The number of fused-ring (bicyclic) bond motifs is 1. The lowest BCUT2D eigenvalue weighted by Gasteiger charge is -2.03. The van der Waals surface area contributed by atoms with Gasteiger partial charge in [-0.1, -0.05) is 36.3 Å². The van der Waals surface area contributed by atoms with Crippen molar-refractivity contribution in [3.8, 4) is 23.7 Å². The number of nitrogens with zero attached hydrogens (tertiary/aromatic N) is 2. The third kappa shape index (κ3) is 2.78. The molecule has 0 fully saturated rings. The van der Waals surface area contributed by atoms with Gasteiger partial charge in [-0.3, -0.25) is 0 Å². The molecular formula is C20H16N2O. The lowest BCUT2D eigenvalue weighted by atomic mass is 10.1. The largest absolute Gasteiger partial charge is 0.508 e. The fourth-order valence-electron chi connectivity index (χ4n) is 2.72. The minimum atomic E-state index is 0.190. The number of allylic oxidation sites excluding steroid dienone is 6. The van der Waals surface area contributed by atoms with E-state index in [2.05, 4.69) is 24.0 Å². The van der Waals surface area contributed by atoms with Gasteiger partial charge in [0.2, 0.25) is 0 Å². The highest BCUT2D eigenvalue weighted by Gasteiger charge is 2.15. The normalized spacial score (nSPS) is 13.1. The Labute approximate surface area is 135 Å². The topological polar surface area (TPSA) is 49.0 Å². The zero-order valence-electron chi connectivity index (χ0n) is 12.9. The van der Waals surface area contributed by atoms with E-state index >= 15 is 0 Å². The number of aryl methyl sites for hydroxylation is 1. The van der Waals surface area contributed by atoms with Crippen LogP contribution in [-0.4, -0.2) is 9.67 Å². The molecule has 3 nitrogen and oxygen atoms in total. The van der Waals surface area contributed by atoms with Gasteiger partial charge < -0.3 is 9.67 Å². The van der Waals surface area contributed by atoms with Crippen LogP contribution in [0.2, 0.25) is 0 Å². The molecule has 0 atom stereocenters. The molecule has 0 saturated carbocycles. The van der Waals surface area contributed by atoms with Gasteiger partial charge in [-0.15, -0.1) is 0 Å². The second kappa shape index (κ2) is 6.30. The summed E-state index contributed by atoms with van der Waals surface area (Å²) >= 11 is 0. The van der Waals surface area contributed by atoms with Gasteiger partial charge in [-0.2, -0.15) is 5.26 Å². The highest BCUT2D eigenvalue weighted by atomic mass is 16.3. The first-order valence-electron chi connectivity index (χ1n) is 7.54. The Hall–Kier alpha value is -3.17. The average Bonchev–Trinajstić information content (AvgIpc) is 2.69. The third-order valence-electron chi connectivity index (χ3n) is 3.81. The van der Waals surface area contributed by atoms with Gasteiger partial charge >= 0.3 is 0 Å². The van der Waals surface area contributed by atoms with E-state index in [0.717, 1.165) is 22.9 Å². The number of nitriles is 1. The van der Waals surface area contributed by atoms with Gasteiger partial charge in [-0.25, -0.2) is 0 Å². The highest BCUT2D eigenvalue weighted by Crippen LogP contribution is 2.28. The summed E-state index contributed by atoms with van der Waals surface area (Å²) in [6.07, 6.45) is 10.8. The molecule has 1 heterocycles. The maximum absolute atomic E-state index is 9.73. The zero-order valence-corrected chi connectivity index (χ0v) is 12.9. The molecule has 0 aliphatic heterocycles. The van der Waals surface area contributed by atoms with Crippen molar-refractivity contribution in [1.29, 1.82) is 5.26 Å². The van der Waals surface area contributed by atoms with E-state index in [1.165, 1.54) is 0 Å². The number of aromatic hydroxyl groups is 1. The van der Waals surface area contributed by atoms with Crippen molar-refractivity contribution < 1.29 is 5.11 Å². The first kappa shape index (κ1) is 14.8. The summed E-state index contributed by atoms with van der Waals surface area (Å²) in [7, 11) is 0. The summed E-state index contributed by atoms with van der Waals surface area (Å²) in [5, 5.41) is 20.1. The van der Waals surface area contributed by atoms with Crippen molar-refractivity contribution in [2.45, 2.75) is 19.9 Å². The molecule has 3 heteroatoms. The Kier molecular flexibility index (Phi) is 4.04. The Morgan fingerprint density at radius 1 is 1.22 bits per heavy atom. The van der Waals surface area contributed by atoms with Crippen molar-refractivity contribution in [3.63, 3.8) is 0 Å². The second-order valence-electron chi connectivity index (χ2n) is 5.24. The molecule has 0 spiro atoms. The molecule has 1 aliphatic carbocycles. The van der Waals surface area contributed by atoms with E-state index in [1.54, 1.807) is 18.2 Å². The molecule has 1 aromatic carbocycles. The Morgan fingerprint density at radius 2 is 2.09 bits per heavy atom. The molecule has 3 rings (SSSR count). The average molecular weight is 300 g/mol. The van der Waals surface area contributed by atoms with E-state index < -0.39 is 0 Å². The minimum Gasteiger partial charge on any atom is -0.508 e. The number of benzene rings is 1. The molecule has 1 N–H and O–H groups in total. The quantitative estimate of drug-likeness (QED) is 0.808. The van der Waals surface area contributed by atoms with Crippen LogP contribution < -0.4 is 0 Å². The fourth-order valence-corrected chi connectivity index (χ4v) is 2.72. The highest BCUT2D eigenvalue weighted by molar-refractivity contribution is 5.90. The number of phenolic OH excluding ortho intramolecular Hbond substituents is 1. The predicted molar refractivity (Wildman–Crippen MR) is 91.8 cm³/mol. The minimum absolute atomic E-state index is 0.190. The van der Waals surface area contributed by atoms with Crippen LogP contribution in [0.1, 0.15) is 24.6 Å². The van der Waals surface area contributed by atoms with Crippen LogP contribution in [0.3, 0.4) is 0 Å². The fraction of sp³-hybridized carbons (Fsp3) is 0.150. The smallest absolute Gasteiger partial charge is 0.117 e. The summed E-state index contributed by atoms with van der Waals surface area (Å²) in [6, 6.07) is 7.32. The Balaban J connectivity index is 2.18. The van der Waals surface area contributed by atoms with Gasteiger partial charge in [0.1, 0.15) is 17.5 Å². The summed E-state index contributed by atoms with van der Waals surface area (Å²) in [5.41, 5.74) is 3.11. The van der Waals surface area contributed by atoms with Crippen LogP contribution in [0.4, 0.5) is 0 Å². The monoisotopic (exact) mass is 300 g/mol. The molecule has 23 heavy (non-hydrogen) atoms. The van der Waals surface area contributed by atoms with Gasteiger partial charge in [0.25, 0.3) is 0 Å². The molecule has 0 bridgehead atoms. The lowest BCUT2D eigenvalue weighted by Crippen LogP contribution is -1.98. The summed E-state index contributed by atoms with van der Waals surface area (Å²) in [6.45, 7) is 2.69. The van der Waals surface area contributed by atoms with Crippen molar-refractivity contribution in [3.05, 3.63) is 65.4 Å². The maximum atomic E-state index is 9.73. The second-order valence-corrected chi connectivity index (χ2v) is 5.24. The SMILES string of the molecule is CCn1c(C#CC2=CC=CC=CC2)c(C#N)c2ccc(O)cc21. The Bertz CT molecular complexity index is 953. The van der Waals surface area contributed by atoms with Crippen molar-refractivity contribution >= 4 is 10.9 Å². The van der Waals surface area contributed by atoms with E-state index in [0.29, 0.717) is 17.8 Å². The van der Waals surface area contributed by atoms with E-state index in [9.17, 15) is 10.4 Å². The summed E-state index contributed by atoms with van der Waals surface area (Å²) in [4.78, 5) is 0. The number of rotatable bonds is 1. The van der Waals surface area contributed by atoms with Crippen LogP contribution >= 0.6 is 0 Å². The molecular weight excluding hydrogens is 284 g/mol. The Morgan fingerprint density at radius 3 is 2.87 bits per heavy atom. The predicted octanol–water partition coefficient (Wildman–Crippen LogP) is 4.03. The molecule has 1 aromatic heterocycles. The molecule has 1 aliphatic rings. The van der Waals surface area contributed by atoms with Crippen LogP contribution in [0.5, 0.6) is 5.75 Å². The van der Waals surface area contributed by atoms with Crippen molar-refractivity contribution in [2.24, 2.45) is 0 Å². The van der Waals surface area contributed by atoms with Crippen LogP contribution in [0, 0.1) is 23.2 Å². The number of aromatic nitrogens is 1. The van der Waals surface area contributed by atoms with Crippen molar-refractivity contribution in [1.82, 2.24) is 4.57 Å². The standard InChI is InChI=1S/C20H16N2O/c1-2-22-19(12-9-15-7-5-3-4-6-8-15)18(14-21)17-11-10-16(23)13-20(17)22/h3-7,10-11,13,23H,2,8H2,1H3. The molecule has 112 valence electrons. The van der Waals surface area contributed by atoms with Crippen molar-refractivity contribution in [2.75, 3.05) is 0 Å². The first-order chi connectivity index (χ1) is 11.2. The maximum Gasteiger partial charge on any atom is 0.117 e. The van der Waals surface area contributed by atoms with E-state index in [4.69, 9.17) is 0 Å². The van der Waals surface area contributed by atoms with Crippen LogP contribution in [-0.2, 0) is 6.54 Å². The molecule has 0 amide bonds. The van der Waals surface area contributed by atoms with E-state index in [-0.39, 0.29) is 5.75 Å². The molecule has 0 saturated heterocycles. The summed E-state index contributed by atoms with van der Waals surface area (Å²) in [5.74, 6) is 6.53. The molecule has 0 unspecified atom stereocenters. The van der Waals surface area contributed by atoms with Gasteiger partial charge in [-0.05, 0) is 31.4 Å². The van der Waals surface area contributed by atoms with E-state index in [1.807, 2.05) is 35.8 Å². The molecule has 0 radical (unpaired) electrons. The van der Waals surface area contributed by atoms with Gasteiger partial charge in [0.05, 0.1) is 11.1 Å². The molecule has 2 aromatic rings. The lowest BCUT2D eigenvalue weighted by molar-refractivity contribution is 0.476. The third-order valence-corrected chi connectivity index (χ3v) is 3.81. The van der Waals surface area contributed by atoms with Crippen LogP contribution in [0.15, 0.2) is 54.2 Å².